The van der Waals surface area contributed by atoms with E-state index >= 15 is 0 Å². The van der Waals surface area contributed by atoms with E-state index in [0.29, 0.717) is 17.1 Å². The lowest BCUT2D eigenvalue weighted by Gasteiger charge is -2.02. The van der Waals surface area contributed by atoms with Crippen molar-refractivity contribution in [2.45, 2.75) is 20.4 Å². The fourth-order valence-corrected chi connectivity index (χ4v) is 3.90. The van der Waals surface area contributed by atoms with Gasteiger partial charge in [-0.15, -0.1) is 22.7 Å². The highest BCUT2D eigenvalue weighted by Crippen LogP contribution is 2.34. The third-order valence-electron chi connectivity index (χ3n) is 3.14. The number of aryl methyl sites for hydroxylation is 2. The van der Waals surface area contributed by atoms with Crippen LogP contribution in [0.25, 0.3) is 10.2 Å². The van der Waals surface area contributed by atoms with Gasteiger partial charge in [0, 0.05) is 22.7 Å². The highest BCUT2D eigenvalue weighted by atomic mass is 32.1. The van der Waals surface area contributed by atoms with Crippen LogP contribution in [0.1, 0.15) is 25.1 Å². The van der Waals surface area contributed by atoms with Crippen LogP contribution < -0.4 is 11.1 Å². The number of thiazole rings is 1. The molecule has 0 aromatic carbocycles. The Labute approximate surface area is 129 Å². The van der Waals surface area contributed by atoms with E-state index in [1.54, 1.807) is 23.7 Å². The fraction of sp³-hybridized carbons (Fsp3) is 0.214. The number of nitrogens with zero attached hydrogens (tertiary/aromatic N) is 2. The molecule has 0 spiro atoms. The Balaban J connectivity index is 1.84. The first-order chi connectivity index (χ1) is 10.1. The number of fused-ring (bicyclic) bond motifs is 1. The average molecular weight is 318 g/mol. The third kappa shape index (κ3) is 2.62. The summed E-state index contributed by atoms with van der Waals surface area (Å²) in [5.74, 6) is -0.166. The van der Waals surface area contributed by atoms with Gasteiger partial charge in [-0.05, 0) is 25.5 Å². The summed E-state index contributed by atoms with van der Waals surface area (Å²) in [7, 11) is 0. The lowest BCUT2D eigenvalue weighted by molar-refractivity contribution is 0.0956. The highest BCUT2D eigenvalue weighted by molar-refractivity contribution is 7.21. The van der Waals surface area contributed by atoms with Gasteiger partial charge in [0.05, 0.1) is 17.2 Å². The van der Waals surface area contributed by atoms with Gasteiger partial charge in [0.25, 0.3) is 5.91 Å². The van der Waals surface area contributed by atoms with Crippen molar-refractivity contribution < 1.29 is 4.79 Å². The SMILES string of the molecule is Cc1ncc(CNC(=O)c2sc3nccc(C)c3c2N)s1. The second kappa shape index (κ2) is 5.42. The van der Waals surface area contributed by atoms with Crippen LogP contribution >= 0.6 is 22.7 Å². The van der Waals surface area contributed by atoms with Gasteiger partial charge < -0.3 is 11.1 Å². The van der Waals surface area contributed by atoms with Gasteiger partial charge in [-0.1, -0.05) is 0 Å². The number of aromatic nitrogens is 2. The maximum Gasteiger partial charge on any atom is 0.263 e. The second-order valence-electron chi connectivity index (χ2n) is 4.68. The highest BCUT2D eigenvalue weighted by Gasteiger charge is 2.18. The van der Waals surface area contributed by atoms with E-state index in [0.717, 1.165) is 25.7 Å². The van der Waals surface area contributed by atoms with Crippen LogP contribution in [0.15, 0.2) is 18.5 Å². The Morgan fingerprint density at radius 1 is 1.33 bits per heavy atom. The number of amides is 1. The van der Waals surface area contributed by atoms with Crippen molar-refractivity contribution in [1.82, 2.24) is 15.3 Å². The zero-order valence-corrected chi connectivity index (χ0v) is 13.3. The minimum absolute atomic E-state index is 0.166. The molecule has 3 rings (SSSR count). The molecule has 0 atom stereocenters. The van der Waals surface area contributed by atoms with Gasteiger partial charge >= 0.3 is 0 Å². The zero-order valence-electron chi connectivity index (χ0n) is 11.6. The molecule has 0 aliphatic heterocycles. The Morgan fingerprint density at radius 2 is 2.14 bits per heavy atom. The predicted molar refractivity (Wildman–Crippen MR) is 86.8 cm³/mol. The van der Waals surface area contributed by atoms with E-state index in [-0.39, 0.29) is 5.91 Å². The first-order valence-corrected chi connectivity index (χ1v) is 8.02. The molecule has 108 valence electrons. The van der Waals surface area contributed by atoms with Crippen molar-refractivity contribution in [2.24, 2.45) is 0 Å². The van der Waals surface area contributed by atoms with Gasteiger partial charge in [0.2, 0.25) is 0 Å². The summed E-state index contributed by atoms with van der Waals surface area (Å²) in [4.78, 5) is 23.1. The quantitative estimate of drug-likeness (QED) is 0.778. The van der Waals surface area contributed by atoms with Crippen molar-refractivity contribution in [2.75, 3.05) is 5.73 Å². The number of carbonyl (C=O) groups excluding carboxylic acids is 1. The molecule has 3 aromatic heterocycles. The fourth-order valence-electron chi connectivity index (χ4n) is 2.11. The van der Waals surface area contributed by atoms with Crippen LogP contribution in [0.3, 0.4) is 0 Å². The molecule has 5 nitrogen and oxygen atoms in total. The normalized spacial score (nSPS) is 11.0. The average Bonchev–Trinajstić information content (AvgIpc) is 3.01. The Morgan fingerprint density at radius 3 is 2.81 bits per heavy atom. The molecule has 7 heteroatoms. The molecule has 3 aromatic rings. The lowest BCUT2D eigenvalue weighted by Crippen LogP contribution is -2.22. The minimum Gasteiger partial charge on any atom is -0.397 e. The van der Waals surface area contributed by atoms with Crippen molar-refractivity contribution in [1.29, 1.82) is 0 Å². The number of rotatable bonds is 3. The van der Waals surface area contributed by atoms with Crippen LogP contribution in [-0.4, -0.2) is 15.9 Å². The first-order valence-electron chi connectivity index (χ1n) is 6.39. The molecule has 21 heavy (non-hydrogen) atoms. The van der Waals surface area contributed by atoms with Crippen LogP contribution in [0.4, 0.5) is 5.69 Å². The van der Waals surface area contributed by atoms with E-state index in [9.17, 15) is 4.79 Å². The molecule has 0 aliphatic rings. The van der Waals surface area contributed by atoms with Crippen LogP contribution in [0.2, 0.25) is 0 Å². The van der Waals surface area contributed by atoms with Gasteiger partial charge in [-0.3, -0.25) is 4.79 Å². The van der Waals surface area contributed by atoms with Crippen LogP contribution in [-0.2, 0) is 6.54 Å². The molecule has 0 saturated heterocycles. The van der Waals surface area contributed by atoms with E-state index < -0.39 is 0 Å². The van der Waals surface area contributed by atoms with Crippen molar-refractivity contribution >= 4 is 44.5 Å². The standard InChI is InChI=1S/C14H14N4OS2/c1-7-3-4-16-14-10(7)11(15)12(21-14)13(19)18-6-9-5-17-8(2)20-9/h3-5H,6,15H2,1-2H3,(H,18,19). The first kappa shape index (κ1) is 14.0. The number of thiophene rings is 1. The number of pyridine rings is 1. The minimum atomic E-state index is -0.166. The largest absolute Gasteiger partial charge is 0.397 e. The zero-order chi connectivity index (χ0) is 15.0. The summed E-state index contributed by atoms with van der Waals surface area (Å²) in [6, 6.07) is 1.90. The summed E-state index contributed by atoms with van der Waals surface area (Å²) in [5, 5.41) is 4.75. The summed E-state index contributed by atoms with van der Waals surface area (Å²) in [5.41, 5.74) is 7.66. The predicted octanol–water partition coefficient (Wildman–Crippen LogP) is 2.88. The number of hydrogen-bond donors (Lipinski definition) is 2. The van der Waals surface area contributed by atoms with Gasteiger partial charge in [-0.2, -0.15) is 0 Å². The van der Waals surface area contributed by atoms with E-state index in [4.69, 9.17) is 5.73 Å². The number of carbonyl (C=O) groups is 1. The van der Waals surface area contributed by atoms with E-state index in [1.165, 1.54) is 11.3 Å². The molecular formula is C14H14N4OS2. The molecule has 3 N–H and O–H groups in total. The molecule has 0 fully saturated rings. The van der Waals surface area contributed by atoms with E-state index in [1.807, 2.05) is 19.9 Å². The van der Waals surface area contributed by atoms with Gasteiger partial charge in [-0.25, -0.2) is 9.97 Å². The van der Waals surface area contributed by atoms with Crippen molar-refractivity contribution in [3.05, 3.63) is 38.8 Å². The smallest absolute Gasteiger partial charge is 0.263 e. The van der Waals surface area contributed by atoms with Crippen molar-refractivity contribution in [3.8, 4) is 0 Å². The maximum absolute atomic E-state index is 12.3. The molecule has 0 aliphatic carbocycles. The number of hydrogen-bond acceptors (Lipinski definition) is 6. The Bertz CT molecular complexity index is 822. The lowest BCUT2D eigenvalue weighted by atomic mass is 10.2. The number of nitrogens with two attached hydrogens (primary N) is 1. The molecule has 3 heterocycles. The summed E-state index contributed by atoms with van der Waals surface area (Å²) in [6.45, 7) is 4.37. The maximum atomic E-state index is 12.3. The summed E-state index contributed by atoms with van der Waals surface area (Å²) in [6.07, 6.45) is 3.51. The molecule has 0 saturated carbocycles. The van der Waals surface area contributed by atoms with Crippen LogP contribution in [0, 0.1) is 13.8 Å². The molecule has 0 unspecified atom stereocenters. The number of anilines is 1. The van der Waals surface area contributed by atoms with Gasteiger partial charge in [0.1, 0.15) is 9.71 Å². The van der Waals surface area contributed by atoms with Crippen LogP contribution in [0.5, 0.6) is 0 Å². The van der Waals surface area contributed by atoms with E-state index in [2.05, 4.69) is 15.3 Å². The molecule has 1 amide bonds. The molecule has 0 bridgehead atoms. The Hall–Kier alpha value is -1.99. The number of nitrogens with one attached hydrogen (secondary N) is 1. The monoisotopic (exact) mass is 318 g/mol. The summed E-state index contributed by atoms with van der Waals surface area (Å²) < 4.78 is 0. The van der Waals surface area contributed by atoms with Crippen molar-refractivity contribution in [3.63, 3.8) is 0 Å². The second-order valence-corrected chi connectivity index (χ2v) is 7.00. The number of nitrogen functional groups attached to an aromatic ring is 1. The molecular weight excluding hydrogens is 304 g/mol. The topological polar surface area (TPSA) is 80.9 Å². The molecule has 0 radical (unpaired) electrons. The summed E-state index contributed by atoms with van der Waals surface area (Å²) >= 11 is 2.90. The Kier molecular flexibility index (Phi) is 3.60. The third-order valence-corrected chi connectivity index (χ3v) is 5.16. The van der Waals surface area contributed by atoms with Gasteiger partial charge in [0.15, 0.2) is 0 Å².